The summed E-state index contributed by atoms with van der Waals surface area (Å²) in [5, 5.41) is 0. The van der Waals surface area contributed by atoms with Crippen molar-refractivity contribution in [3.05, 3.63) is 0 Å². The lowest BCUT2D eigenvalue weighted by Gasteiger charge is -1.91. The van der Waals surface area contributed by atoms with Gasteiger partial charge in [-0.2, -0.15) is 0 Å². The number of halogens is 2. The Hall–Kier alpha value is 0.660. The molecule has 1 aliphatic carbocycles. The Labute approximate surface area is 56.6 Å². The molecule has 1 saturated carbocycles. The van der Waals surface area contributed by atoms with Crippen molar-refractivity contribution >= 4 is 22.6 Å². The predicted octanol–water partition coefficient (Wildman–Crippen LogP) is 2.31. The summed E-state index contributed by atoms with van der Waals surface area (Å²) in [4.78, 5) is 0. The molecule has 0 bridgehead atoms. The van der Waals surface area contributed by atoms with Gasteiger partial charge in [0.15, 0.2) is 0 Å². The summed E-state index contributed by atoms with van der Waals surface area (Å²) in [5.41, 5.74) is 0. The summed E-state index contributed by atoms with van der Waals surface area (Å²) in [5.74, 6) is 0. The molecule has 0 nitrogen and oxygen atoms in total. The van der Waals surface area contributed by atoms with Crippen LogP contribution in [-0.2, 0) is 0 Å². The molecule has 1 fully saturated rings. The van der Waals surface area contributed by atoms with Crippen LogP contribution in [0.15, 0.2) is 0 Å². The molecule has 1 unspecified atom stereocenters. The Kier molecular flexibility index (Phi) is 1.89. The quantitative estimate of drug-likeness (QED) is 0.428. The first-order chi connectivity index (χ1) is 3.29. The molecule has 0 aromatic carbocycles. The van der Waals surface area contributed by atoms with Gasteiger partial charge in [-0.05, 0) is 19.3 Å². The normalized spacial score (nSPS) is 42.0. The van der Waals surface area contributed by atoms with E-state index in [9.17, 15) is 4.39 Å². The number of hydrogen-bond acceptors (Lipinski definition) is 0. The number of rotatable bonds is 0. The highest BCUT2D eigenvalue weighted by Gasteiger charge is 2.20. The van der Waals surface area contributed by atoms with Crippen molar-refractivity contribution < 1.29 is 4.39 Å². The highest BCUT2D eigenvalue weighted by atomic mass is 127. The molecule has 0 aromatic rings. The van der Waals surface area contributed by atoms with E-state index in [-0.39, 0.29) is 0 Å². The third-order valence-electron chi connectivity index (χ3n) is 1.30. The van der Waals surface area contributed by atoms with Crippen LogP contribution in [0.1, 0.15) is 19.3 Å². The Morgan fingerprint density at radius 2 is 2.14 bits per heavy atom. The predicted molar refractivity (Wildman–Crippen MR) is 36.6 cm³/mol. The van der Waals surface area contributed by atoms with E-state index < -0.39 is 6.17 Å². The van der Waals surface area contributed by atoms with Gasteiger partial charge >= 0.3 is 0 Å². The number of alkyl halides is 2. The third-order valence-corrected chi connectivity index (χ3v) is 2.44. The Morgan fingerprint density at radius 1 is 1.43 bits per heavy atom. The molecule has 0 saturated heterocycles. The summed E-state index contributed by atoms with van der Waals surface area (Å²) in [6, 6.07) is 0. The van der Waals surface area contributed by atoms with Crippen LogP contribution in [0.4, 0.5) is 4.39 Å². The van der Waals surface area contributed by atoms with Crippen LogP contribution in [0.25, 0.3) is 0 Å². The maximum Gasteiger partial charge on any atom is 0.101 e. The highest BCUT2D eigenvalue weighted by Crippen LogP contribution is 2.27. The third kappa shape index (κ3) is 1.55. The fourth-order valence-corrected chi connectivity index (χ4v) is 1.79. The van der Waals surface area contributed by atoms with Gasteiger partial charge in [0.25, 0.3) is 0 Å². The van der Waals surface area contributed by atoms with Crippen LogP contribution in [0, 0.1) is 0 Å². The van der Waals surface area contributed by atoms with Crippen LogP contribution in [0.2, 0.25) is 0 Å². The standard InChI is InChI=1S/C5H8FI/c6-4-1-2-5(7)3-4/h4-5H,1-3H2/t4-,5?/m1/s1. The zero-order chi connectivity index (χ0) is 5.28. The van der Waals surface area contributed by atoms with Crippen molar-refractivity contribution in [3.8, 4) is 0 Å². The zero-order valence-electron chi connectivity index (χ0n) is 4.03. The lowest BCUT2D eigenvalue weighted by Crippen LogP contribution is -1.91. The Balaban J connectivity index is 2.26. The largest absolute Gasteiger partial charge is 0.247 e. The fraction of sp³-hybridized carbons (Fsp3) is 1.00. The van der Waals surface area contributed by atoms with E-state index in [2.05, 4.69) is 22.6 Å². The first kappa shape index (κ1) is 5.79. The van der Waals surface area contributed by atoms with Gasteiger partial charge in [-0.15, -0.1) is 0 Å². The maximum atomic E-state index is 12.2. The monoisotopic (exact) mass is 214 g/mol. The Morgan fingerprint density at radius 3 is 2.29 bits per heavy atom. The average molecular weight is 214 g/mol. The molecule has 0 amide bonds. The molecular formula is C5H8FI. The van der Waals surface area contributed by atoms with E-state index in [1.165, 1.54) is 0 Å². The average Bonchev–Trinajstić information content (AvgIpc) is 1.87. The van der Waals surface area contributed by atoms with Crippen molar-refractivity contribution in [3.63, 3.8) is 0 Å². The van der Waals surface area contributed by atoms with Crippen molar-refractivity contribution in [2.75, 3.05) is 0 Å². The molecule has 2 heteroatoms. The van der Waals surface area contributed by atoms with Crippen molar-refractivity contribution in [1.29, 1.82) is 0 Å². The first-order valence-electron chi connectivity index (χ1n) is 2.57. The van der Waals surface area contributed by atoms with E-state index in [1.54, 1.807) is 0 Å². The minimum atomic E-state index is -0.484. The summed E-state index contributed by atoms with van der Waals surface area (Å²) >= 11 is 2.31. The molecule has 0 N–H and O–H groups in total. The summed E-state index contributed by atoms with van der Waals surface area (Å²) in [6.45, 7) is 0. The molecule has 0 spiro atoms. The summed E-state index contributed by atoms with van der Waals surface area (Å²) in [7, 11) is 0. The van der Waals surface area contributed by atoms with E-state index in [4.69, 9.17) is 0 Å². The summed E-state index contributed by atoms with van der Waals surface area (Å²) in [6.07, 6.45) is 2.19. The van der Waals surface area contributed by atoms with Crippen LogP contribution < -0.4 is 0 Å². The second-order valence-corrected chi connectivity index (χ2v) is 3.77. The zero-order valence-corrected chi connectivity index (χ0v) is 6.19. The van der Waals surface area contributed by atoms with Gasteiger partial charge in [0, 0.05) is 3.92 Å². The lowest BCUT2D eigenvalue weighted by atomic mass is 10.3. The molecule has 1 aliphatic rings. The molecule has 0 heterocycles. The van der Waals surface area contributed by atoms with Crippen molar-refractivity contribution in [2.45, 2.75) is 29.4 Å². The van der Waals surface area contributed by atoms with Crippen LogP contribution in [-0.4, -0.2) is 10.1 Å². The minimum absolute atomic E-state index is 0.484. The number of hydrogen-bond donors (Lipinski definition) is 0. The van der Waals surface area contributed by atoms with Gasteiger partial charge < -0.3 is 0 Å². The maximum absolute atomic E-state index is 12.2. The molecule has 42 valence electrons. The van der Waals surface area contributed by atoms with Gasteiger partial charge in [-0.3, -0.25) is 0 Å². The Bertz CT molecular complexity index is 57.1. The highest BCUT2D eigenvalue weighted by molar-refractivity contribution is 14.1. The van der Waals surface area contributed by atoms with Crippen LogP contribution in [0.5, 0.6) is 0 Å². The minimum Gasteiger partial charge on any atom is -0.247 e. The van der Waals surface area contributed by atoms with E-state index in [1.807, 2.05) is 0 Å². The lowest BCUT2D eigenvalue weighted by molar-refractivity contribution is 0.344. The molecule has 0 radical (unpaired) electrons. The van der Waals surface area contributed by atoms with Crippen LogP contribution in [0.3, 0.4) is 0 Å². The first-order valence-corrected chi connectivity index (χ1v) is 3.82. The van der Waals surface area contributed by atoms with Gasteiger partial charge in [0.2, 0.25) is 0 Å². The second kappa shape index (κ2) is 2.29. The smallest absolute Gasteiger partial charge is 0.101 e. The summed E-state index contributed by atoms with van der Waals surface area (Å²) < 4.78 is 12.8. The van der Waals surface area contributed by atoms with Gasteiger partial charge in [-0.1, -0.05) is 22.6 Å². The molecular weight excluding hydrogens is 206 g/mol. The fourth-order valence-electron chi connectivity index (χ4n) is 0.875. The van der Waals surface area contributed by atoms with Gasteiger partial charge in [0.1, 0.15) is 6.17 Å². The molecule has 2 atom stereocenters. The molecule has 1 rings (SSSR count). The topological polar surface area (TPSA) is 0 Å². The second-order valence-electron chi connectivity index (χ2n) is 2.01. The molecule has 0 aliphatic heterocycles. The van der Waals surface area contributed by atoms with Crippen LogP contribution >= 0.6 is 22.6 Å². The SMILES string of the molecule is F[C@@H]1CCC(I)C1. The van der Waals surface area contributed by atoms with Gasteiger partial charge in [-0.25, -0.2) is 4.39 Å². The van der Waals surface area contributed by atoms with Crippen molar-refractivity contribution in [1.82, 2.24) is 0 Å². The van der Waals surface area contributed by atoms with E-state index in [0.717, 1.165) is 19.3 Å². The molecule has 0 aromatic heterocycles. The molecule has 7 heavy (non-hydrogen) atoms. The van der Waals surface area contributed by atoms with Crippen molar-refractivity contribution in [2.24, 2.45) is 0 Å². The van der Waals surface area contributed by atoms with Gasteiger partial charge in [0.05, 0.1) is 0 Å². The van der Waals surface area contributed by atoms with E-state index in [0.29, 0.717) is 3.92 Å². The van der Waals surface area contributed by atoms with E-state index >= 15 is 0 Å².